The third kappa shape index (κ3) is 3.43. The number of hydrogen-bond acceptors (Lipinski definition) is 5. The summed E-state index contributed by atoms with van der Waals surface area (Å²) in [5.41, 5.74) is 2.23. The van der Waals surface area contributed by atoms with Crippen molar-refractivity contribution >= 4 is 39.1 Å². The quantitative estimate of drug-likeness (QED) is 0.318. The van der Waals surface area contributed by atoms with Crippen LogP contribution in [0.25, 0.3) is 10.2 Å². The number of carbonyl (C=O) groups is 1. The number of nitrogens with zero attached hydrogens (tertiary/aromatic N) is 2. The third-order valence-electron chi connectivity index (χ3n) is 5.52. The number of thioether (sulfide) groups is 1. The Labute approximate surface area is 167 Å². The van der Waals surface area contributed by atoms with E-state index >= 15 is 0 Å². The van der Waals surface area contributed by atoms with Crippen LogP contribution in [-0.4, -0.2) is 21.5 Å². The fourth-order valence-electron chi connectivity index (χ4n) is 3.79. The summed E-state index contributed by atoms with van der Waals surface area (Å²) in [6.07, 6.45) is 5.89. The molecule has 3 nitrogen and oxygen atoms in total. The van der Waals surface area contributed by atoms with Gasteiger partial charge in [0.05, 0.1) is 5.75 Å². The SMILES string of the molecule is CC1CCc2c(sc3nc(C4CC4)nc(SCC(=O)c4ccccc4)c23)C1. The predicted octanol–water partition coefficient (Wildman–Crippen LogP) is 5.67. The fourth-order valence-corrected chi connectivity index (χ4v) is 6.21. The first-order valence-electron chi connectivity index (χ1n) is 9.72. The smallest absolute Gasteiger partial charge is 0.173 e. The minimum atomic E-state index is 0.165. The number of rotatable bonds is 5. The first-order valence-corrected chi connectivity index (χ1v) is 11.5. The van der Waals surface area contributed by atoms with E-state index in [9.17, 15) is 4.79 Å². The highest BCUT2D eigenvalue weighted by Crippen LogP contribution is 2.44. The molecule has 0 amide bonds. The lowest BCUT2D eigenvalue weighted by atomic mass is 9.89. The number of benzene rings is 1. The molecular weight excluding hydrogens is 372 g/mol. The van der Waals surface area contributed by atoms with Gasteiger partial charge in [0.25, 0.3) is 0 Å². The van der Waals surface area contributed by atoms with Gasteiger partial charge in [-0.1, -0.05) is 49.0 Å². The lowest BCUT2D eigenvalue weighted by Crippen LogP contribution is -2.09. The summed E-state index contributed by atoms with van der Waals surface area (Å²) >= 11 is 3.45. The molecule has 0 saturated heterocycles. The van der Waals surface area contributed by atoms with Gasteiger partial charge in [0.2, 0.25) is 0 Å². The molecule has 27 heavy (non-hydrogen) atoms. The van der Waals surface area contributed by atoms with Crippen molar-refractivity contribution < 1.29 is 4.79 Å². The average Bonchev–Trinajstić information content (AvgIpc) is 3.47. The lowest BCUT2D eigenvalue weighted by Gasteiger charge is -2.18. The standard InChI is InChI=1S/C22H22N2OS2/c1-13-7-10-16-18(11-13)27-22-19(16)21(23-20(24-22)15-8-9-15)26-12-17(25)14-5-3-2-4-6-14/h2-6,13,15H,7-12H2,1H3. The Morgan fingerprint density at radius 2 is 2.00 bits per heavy atom. The summed E-state index contributed by atoms with van der Waals surface area (Å²) in [6, 6.07) is 9.56. The maximum atomic E-state index is 12.6. The van der Waals surface area contributed by atoms with Gasteiger partial charge < -0.3 is 0 Å². The Hall–Kier alpha value is -1.72. The van der Waals surface area contributed by atoms with Crippen molar-refractivity contribution in [3.8, 4) is 0 Å². The highest BCUT2D eigenvalue weighted by molar-refractivity contribution is 8.00. The summed E-state index contributed by atoms with van der Waals surface area (Å²) in [4.78, 5) is 25.1. The normalized spacial score (nSPS) is 19.2. The largest absolute Gasteiger partial charge is 0.293 e. The van der Waals surface area contributed by atoms with Gasteiger partial charge in [0.1, 0.15) is 15.7 Å². The summed E-state index contributed by atoms with van der Waals surface area (Å²) < 4.78 is 0. The summed E-state index contributed by atoms with van der Waals surface area (Å²) in [7, 11) is 0. The predicted molar refractivity (Wildman–Crippen MR) is 112 cm³/mol. The van der Waals surface area contributed by atoms with E-state index in [1.54, 1.807) is 11.8 Å². The second-order valence-corrected chi connectivity index (χ2v) is 9.82. The summed E-state index contributed by atoms with van der Waals surface area (Å²) in [6.45, 7) is 2.34. The lowest BCUT2D eigenvalue weighted by molar-refractivity contribution is 0.102. The second kappa shape index (κ2) is 7.02. The Morgan fingerprint density at radius 3 is 2.78 bits per heavy atom. The summed E-state index contributed by atoms with van der Waals surface area (Å²) in [5, 5.41) is 2.26. The molecule has 3 aromatic rings. The minimum Gasteiger partial charge on any atom is -0.293 e. The van der Waals surface area contributed by atoms with E-state index in [2.05, 4.69) is 6.92 Å². The molecule has 2 heterocycles. The molecule has 0 radical (unpaired) electrons. The van der Waals surface area contributed by atoms with Crippen molar-refractivity contribution in [3.63, 3.8) is 0 Å². The number of carbonyl (C=O) groups excluding carboxylic acids is 1. The van der Waals surface area contributed by atoms with Crippen molar-refractivity contribution in [3.05, 3.63) is 52.2 Å². The van der Waals surface area contributed by atoms with Gasteiger partial charge in [-0.15, -0.1) is 11.3 Å². The molecule has 2 aliphatic rings. The minimum absolute atomic E-state index is 0.165. The highest BCUT2D eigenvalue weighted by atomic mass is 32.2. The molecule has 5 heteroatoms. The number of ketones is 1. The number of thiophene rings is 1. The number of hydrogen-bond donors (Lipinski definition) is 0. The highest BCUT2D eigenvalue weighted by Gasteiger charge is 2.30. The third-order valence-corrected chi connectivity index (χ3v) is 7.64. The van der Waals surface area contributed by atoms with E-state index in [-0.39, 0.29) is 5.78 Å². The van der Waals surface area contributed by atoms with Crippen molar-refractivity contribution in [2.45, 2.75) is 50.0 Å². The molecule has 2 aromatic heterocycles. The Balaban J connectivity index is 1.50. The van der Waals surface area contributed by atoms with Crippen LogP contribution in [-0.2, 0) is 12.8 Å². The molecule has 2 aliphatic carbocycles. The zero-order valence-corrected chi connectivity index (χ0v) is 17.0. The van der Waals surface area contributed by atoms with Crippen molar-refractivity contribution in [2.24, 2.45) is 5.92 Å². The first-order chi connectivity index (χ1) is 13.2. The fraction of sp³-hybridized carbons (Fsp3) is 0.409. The Kier molecular flexibility index (Phi) is 4.52. The molecule has 1 atom stereocenters. The van der Waals surface area contributed by atoms with E-state index in [1.807, 2.05) is 41.7 Å². The van der Waals surface area contributed by atoms with Crippen LogP contribution in [0.3, 0.4) is 0 Å². The van der Waals surface area contributed by atoms with Gasteiger partial charge in [-0.25, -0.2) is 9.97 Å². The van der Waals surface area contributed by atoms with Crippen molar-refractivity contribution in [1.29, 1.82) is 0 Å². The molecule has 0 aliphatic heterocycles. The van der Waals surface area contributed by atoms with Crippen LogP contribution in [0.5, 0.6) is 0 Å². The molecule has 0 spiro atoms. The molecule has 1 aromatic carbocycles. The number of fused-ring (bicyclic) bond motifs is 3. The molecule has 1 unspecified atom stereocenters. The Morgan fingerprint density at radius 1 is 1.19 bits per heavy atom. The summed E-state index contributed by atoms with van der Waals surface area (Å²) in [5.74, 6) is 2.86. The van der Waals surface area contributed by atoms with Crippen LogP contribution in [0.4, 0.5) is 0 Å². The molecule has 138 valence electrons. The van der Waals surface area contributed by atoms with E-state index in [4.69, 9.17) is 9.97 Å². The number of aryl methyl sites for hydroxylation is 1. The van der Waals surface area contributed by atoms with Crippen LogP contribution >= 0.6 is 23.1 Å². The molecule has 0 N–H and O–H groups in total. The second-order valence-electron chi connectivity index (χ2n) is 7.77. The molecule has 5 rings (SSSR count). The van der Waals surface area contributed by atoms with Gasteiger partial charge in [0, 0.05) is 21.7 Å². The molecular formula is C22H22N2OS2. The molecule has 1 saturated carbocycles. The number of Topliss-reactive ketones (excluding diaryl/α,β-unsaturated/α-hetero) is 1. The average molecular weight is 395 g/mol. The van der Waals surface area contributed by atoms with Gasteiger partial charge in [0.15, 0.2) is 5.78 Å². The van der Waals surface area contributed by atoms with Gasteiger partial charge in [-0.3, -0.25) is 4.79 Å². The number of aromatic nitrogens is 2. The van der Waals surface area contributed by atoms with E-state index in [0.29, 0.717) is 11.7 Å². The van der Waals surface area contributed by atoms with Crippen LogP contribution in [0.2, 0.25) is 0 Å². The topological polar surface area (TPSA) is 42.9 Å². The van der Waals surface area contributed by atoms with Gasteiger partial charge >= 0.3 is 0 Å². The van der Waals surface area contributed by atoms with Gasteiger partial charge in [-0.2, -0.15) is 0 Å². The van der Waals surface area contributed by atoms with Crippen molar-refractivity contribution in [2.75, 3.05) is 5.75 Å². The van der Waals surface area contributed by atoms with Gasteiger partial charge in [-0.05, 0) is 43.6 Å². The zero-order chi connectivity index (χ0) is 18.4. The monoisotopic (exact) mass is 394 g/mol. The molecule has 1 fully saturated rings. The first kappa shape index (κ1) is 17.4. The van der Waals surface area contributed by atoms with Crippen LogP contribution < -0.4 is 0 Å². The zero-order valence-electron chi connectivity index (χ0n) is 15.4. The van der Waals surface area contributed by atoms with Crippen LogP contribution in [0.15, 0.2) is 35.4 Å². The van der Waals surface area contributed by atoms with E-state index in [1.165, 1.54) is 35.1 Å². The maximum Gasteiger partial charge on any atom is 0.173 e. The van der Waals surface area contributed by atoms with E-state index in [0.717, 1.165) is 40.0 Å². The van der Waals surface area contributed by atoms with Crippen LogP contribution in [0, 0.1) is 5.92 Å². The Bertz CT molecular complexity index is 1010. The maximum absolute atomic E-state index is 12.6. The molecule has 0 bridgehead atoms. The van der Waals surface area contributed by atoms with E-state index < -0.39 is 0 Å². The van der Waals surface area contributed by atoms with Crippen molar-refractivity contribution in [1.82, 2.24) is 9.97 Å². The van der Waals surface area contributed by atoms with Crippen LogP contribution in [0.1, 0.15) is 58.7 Å².